The van der Waals surface area contributed by atoms with Crippen LogP contribution in [-0.2, 0) is 4.74 Å². The molecule has 3 rings (SSSR count). The Bertz CT molecular complexity index is 732. The molecular weight excluding hydrogens is 326 g/mol. The van der Waals surface area contributed by atoms with Crippen molar-refractivity contribution in [2.75, 3.05) is 33.4 Å². The third-order valence-electron chi connectivity index (χ3n) is 3.84. The highest BCUT2D eigenvalue weighted by Gasteiger charge is 2.19. The lowest BCUT2D eigenvalue weighted by Crippen LogP contribution is -2.42. The summed E-state index contributed by atoms with van der Waals surface area (Å²) in [5.41, 5.74) is 6.70. The number of nitrogens with two attached hydrogens (primary N) is 1. The van der Waals surface area contributed by atoms with E-state index >= 15 is 0 Å². The van der Waals surface area contributed by atoms with Gasteiger partial charge in [-0.05, 0) is 32.2 Å². The van der Waals surface area contributed by atoms with E-state index in [0.717, 1.165) is 28.5 Å². The lowest BCUT2D eigenvalue weighted by molar-refractivity contribution is -0.0403. The molecule has 128 valence electrons. The van der Waals surface area contributed by atoms with Gasteiger partial charge < -0.3 is 20.1 Å². The molecule has 2 heterocycles. The minimum atomic E-state index is -0.483. The molecule has 1 atom stereocenters. The monoisotopic (exact) mass is 347 g/mol. The number of carbonyl (C=O) groups is 1. The Morgan fingerprint density at radius 3 is 3.00 bits per heavy atom. The van der Waals surface area contributed by atoms with Crippen LogP contribution in [0.15, 0.2) is 24.4 Å². The molecule has 0 unspecified atom stereocenters. The SMILES string of the molecule is Cc1cnc(-c2cc(OC[C@H]3CN(C)CCO3)cc(C(N)=O)c2)s1. The number of aryl methyl sites for hydroxylation is 1. The third-order valence-corrected chi connectivity index (χ3v) is 4.80. The van der Waals surface area contributed by atoms with E-state index < -0.39 is 5.91 Å². The summed E-state index contributed by atoms with van der Waals surface area (Å²) in [6.45, 7) is 4.89. The smallest absolute Gasteiger partial charge is 0.248 e. The van der Waals surface area contributed by atoms with E-state index in [1.807, 2.05) is 19.2 Å². The number of primary amides is 1. The predicted molar refractivity (Wildman–Crippen MR) is 93.5 cm³/mol. The minimum Gasteiger partial charge on any atom is -0.491 e. The van der Waals surface area contributed by atoms with Gasteiger partial charge in [0.05, 0.1) is 6.61 Å². The molecule has 7 heteroatoms. The summed E-state index contributed by atoms with van der Waals surface area (Å²) >= 11 is 1.57. The van der Waals surface area contributed by atoms with Crippen molar-refractivity contribution in [3.63, 3.8) is 0 Å². The Kier molecular flexibility index (Phi) is 5.13. The fourth-order valence-corrected chi connectivity index (χ4v) is 3.34. The highest BCUT2D eigenvalue weighted by atomic mass is 32.1. The molecule has 24 heavy (non-hydrogen) atoms. The maximum Gasteiger partial charge on any atom is 0.248 e. The van der Waals surface area contributed by atoms with Crippen LogP contribution in [0.5, 0.6) is 5.75 Å². The number of rotatable bonds is 5. The van der Waals surface area contributed by atoms with E-state index in [1.165, 1.54) is 0 Å². The number of hydrogen-bond acceptors (Lipinski definition) is 6. The molecule has 1 saturated heterocycles. The van der Waals surface area contributed by atoms with Gasteiger partial charge in [-0.25, -0.2) is 4.98 Å². The van der Waals surface area contributed by atoms with Crippen LogP contribution in [0.3, 0.4) is 0 Å². The highest BCUT2D eigenvalue weighted by molar-refractivity contribution is 7.14. The molecule has 1 fully saturated rings. The first-order valence-corrected chi connectivity index (χ1v) is 8.63. The molecule has 0 radical (unpaired) electrons. The largest absolute Gasteiger partial charge is 0.491 e. The van der Waals surface area contributed by atoms with Gasteiger partial charge in [0, 0.05) is 35.3 Å². The van der Waals surface area contributed by atoms with Gasteiger partial charge in [0.25, 0.3) is 0 Å². The first kappa shape index (κ1) is 16.9. The van der Waals surface area contributed by atoms with Crippen LogP contribution in [0.25, 0.3) is 10.6 Å². The normalized spacial score (nSPS) is 18.5. The van der Waals surface area contributed by atoms with Crippen molar-refractivity contribution in [2.24, 2.45) is 5.73 Å². The van der Waals surface area contributed by atoms with Crippen LogP contribution in [0.2, 0.25) is 0 Å². The van der Waals surface area contributed by atoms with Gasteiger partial charge in [0.2, 0.25) is 5.91 Å². The second kappa shape index (κ2) is 7.29. The van der Waals surface area contributed by atoms with Gasteiger partial charge >= 0.3 is 0 Å². The average Bonchev–Trinajstić information content (AvgIpc) is 2.99. The van der Waals surface area contributed by atoms with Crippen molar-refractivity contribution in [1.29, 1.82) is 0 Å². The number of amides is 1. The van der Waals surface area contributed by atoms with Crippen molar-refractivity contribution in [2.45, 2.75) is 13.0 Å². The number of carbonyl (C=O) groups excluding carboxylic acids is 1. The lowest BCUT2D eigenvalue weighted by Gasteiger charge is -2.29. The average molecular weight is 347 g/mol. The number of nitrogens with zero attached hydrogens (tertiary/aromatic N) is 2. The van der Waals surface area contributed by atoms with E-state index in [1.54, 1.807) is 23.5 Å². The van der Waals surface area contributed by atoms with Crippen molar-refractivity contribution in [3.05, 3.63) is 34.8 Å². The zero-order valence-corrected chi connectivity index (χ0v) is 14.6. The molecule has 0 aliphatic carbocycles. The second-order valence-corrected chi connectivity index (χ2v) is 7.19. The molecule has 2 N–H and O–H groups in total. The van der Waals surface area contributed by atoms with Crippen LogP contribution in [0.4, 0.5) is 0 Å². The fraction of sp³-hybridized carbons (Fsp3) is 0.412. The first-order valence-electron chi connectivity index (χ1n) is 7.82. The maximum absolute atomic E-state index is 11.6. The molecule has 1 aliphatic heterocycles. The number of ether oxygens (including phenoxy) is 2. The number of thiazole rings is 1. The molecule has 1 aromatic heterocycles. The number of benzene rings is 1. The van der Waals surface area contributed by atoms with Gasteiger partial charge in [-0.1, -0.05) is 0 Å². The van der Waals surface area contributed by atoms with Gasteiger partial charge in [0.15, 0.2) is 0 Å². The Labute approximate surface area is 145 Å². The van der Waals surface area contributed by atoms with Gasteiger partial charge in [0.1, 0.15) is 23.5 Å². The van der Waals surface area contributed by atoms with Crippen LogP contribution < -0.4 is 10.5 Å². The number of aromatic nitrogens is 1. The molecular formula is C17H21N3O3S. The molecule has 1 amide bonds. The number of likely N-dealkylation sites (N-methyl/N-ethyl adjacent to an activating group) is 1. The number of hydrogen-bond donors (Lipinski definition) is 1. The molecule has 0 spiro atoms. The molecule has 1 aromatic carbocycles. The quantitative estimate of drug-likeness (QED) is 0.894. The molecule has 0 saturated carbocycles. The van der Waals surface area contributed by atoms with Crippen molar-refractivity contribution >= 4 is 17.2 Å². The van der Waals surface area contributed by atoms with Gasteiger partial charge in [-0.15, -0.1) is 11.3 Å². The summed E-state index contributed by atoms with van der Waals surface area (Å²) < 4.78 is 11.6. The van der Waals surface area contributed by atoms with Gasteiger partial charge in [-0.3, -0.25) is 4.79 Å². The van der Waals surface area contributed by atoms with Gasteiger partial charge in [-0.2, -0.15) is 0 Å². The van der Waals surface area contributed by atoms with E-state index in [9.17, 15) is 4.79 Å². The predicted octanol–water partition coefficient (Wildman–Crippen LogP) is 1.93. The summed E-state index contributed by atoms with van der Waals surface area (Å²) in [6, 6.07) is 5.30. The fourth-order valence-electron chi connectivity index (χ4n) is 2.59. The summed E-state index contributed by atoms with van der Waals surface area (Å²) in [5, 5.41) is 0.842. The Hall–Kier alpha value is -1.96. The first-order chi connectivity index (χ1) is 11.5. The zero-order chi connectivity index (χ0) is 17.1. The lowest BCUT2D eigenvalue weighted by atomic mass is 10.1. The van der Waals surface area contributed by atoms with Crippen LogP contribution in [-0.4, -0.2) is 55.2 Å². The zero-order valence-electron chi connectivity index (χ0n) is 13.8. The van der Waals surface area contributed by atoms with Crippen LogP contribution >= 0.6 is 11.3 Å². The highest BCUT2D eigenvalue weighted by Crippen LogP contribution is 2.29. The van der Waals surface area contributed by atoms with E-state index in [2.05, 4.69) is 16.9 Å². The Morgan fingerprint density at radius 2 is 2.33 bits per heavy atom. The van der Waals surface area contributed by atoms with E-state index in [4.69, 9.17) is 15.2 Å². The van der Waals surface area contributed by atoms with Crippen molar-refractivity contribution in [3.8, 4) is 16.3 Å². The van der Waals surface area contributed by atoms with Crippen LogP contribution in [0.1, 0.15) is 15.2 Å². The summed E-state index contributed by atoms with van der Waals surface area (Å²) in [6.07, 6.45) is 1.83. The maximum atomic E-state index is 11.6. The van der Waals surface area contributed by atoms with E-state index in [-0.39, 0.29) is 6.10 Å². The van der Waals surface area contributed by atoms with Crippen molar-refractivity contribution in [1.82, 2.24) is 9.88 Å². The molecule has 0 bridgehead atoms. The standard InChI is InChI=1S/C17H21N3O3S/c1-11-8-19-17(24-11)13-5-12(16(18)21)6-14(7-13)23-10-15-9-20(2)3-4-22-15/h5-8,15H,3-4,9-10H2,1-2H3,(H2,18,21)/t15-/m1/s1. The Morgan fingerprint density at radius 1 is 1.50 bits per heavy atom. The Balaban J connectivity index is 1.79. The molecule has 1 aliphatic rings. The summed E-state index contributed by atoms with van der Waals surface area (Å²) in [5.74, 6) is 0.120. The number of morpholine rings is 1. The molecule has 6 nitrogen and oxygen atoms in total. The summed E-state index contributed by atoms with van der Waals surface area (Å²) in [7, 11) is 2.06. The summed E-state index contributed by atoms with van der Waals surface area (Å²) in [4.78, 5) is 19.3. The molecule has 2 aromatic rings. The topological polar surface area (TPSA) is 77.7 Å². The second-order valence-electron chi connectivity index (χ2n) is 5.95. The van der Waals surface area contributed by atoms with Crippen LogP contribution in [0, 0.1) is 6.92 Å². The van der Waals surface area contributed by atoms with Crippen molar-refractivity contribution < 1.29 is 14.3 Å². The minimum absolute atomic E-state index is 0.0199. The van der Waals surface area contributed by atoms with E-state index in [0.29, 0.717) is 24.5 Å². The third kappa shape index (κ3) is 4.11.